The van der Waals surface area contributed by atoms with Crippen LogP contribution in [0.1, 0.15) is 17.9 Å². The summed E-state index contributed by atoms with van der Waals surface area (Å²) in [6.45, 7) is 0.681. The summed E-state index contributed by atoms with van der Waals surface area (Å²) < 4.78 is 0. The molecule has 0 spiro atoms. The second kappa shape index (κ2) is 3.68. The average molecular weight is 206 g/mol. The predicted octanol–water partition coefficient (Wildman–Crippen LogP) is 1.20. The number of nitrogens with one attached hydrogen (secondary N) is 1. The van der Waals surface area contributed by atoms with E-state index < -0.39 is 4.92 Å². The van der Waals surface area contributed by atoms with Gasteiger partial charge in [0.25, 0.3) is 5.69 Å². The molecule has 0 unspecified atom stereocenters. The molecule has 0 bridgehead atoms. The molecule has 1 atom stereocenters. The van der Waals surface area contributed by atoms with Crippen molar-refractivity contribution in [2.45, 2.75) is 12.3 Å². The summed E-state index contributed by atoms with van der Waals surface area (Å²) in [4.78, 5) is 21.3. The van der Waals surface area contributed by atoms with Gasteiger partial charge in [0.15, 0.2) is 0 Å². The third-order valence-corrected chi connectivity index (χ3v) is 2.56. The van der Waals surface area contributed by atoms with Gasteiger partial charge >= 0.3 is 0 Å². The number of non-ortho nitro benzene ring substituents is 1. The van der Waals surface area contributed by atoms with Crippen LogP contribution in [0.4, 0.5) is 5.69 Å². The lowest BCUT2D eigenvalue weighted by Crippen LogP contribution is -2.17. The SMILES string of the molecule is O=C1NCC[C@H]1c1ccc([N+](=O)[O-])cc1. The maximum absolute atomic E-state index is 11.3. The fraction of sp³-hybridized carbons (Fsp3) is 0.300. The van der Waals surface area contributed by atoms with E-state index in [4.69, 9.17) is 0 Å². The average Bonchev–Trinajstić information content (AvgIpc) is 2.65. The van der Waals surface area contributed by atoms with Crippen LogP contribution in [-0.4, -0.2) is 17.4 Å². The summed E-state index contributed by atoms with van der Waals surface area (Å²) in [5, 5.41) is 13.2. The van der Waals surface area contributed by atoms with Gasteiger partial charge in [-0.05, 0) is 12.0 Å². The molecule has 1 aliphatic heterocycles. The highest BCUT2D eigenvalue weighted by molar-refractivity contribution is 5.85. The van der Waals surface area contributed by atoms with Crippen LogP contribution in [0.3, 0.4) is 0 Å². The molecule has 1 N–H and O–H groups in total. The monoisotopic (exact) mass is 206 g/mol. The molecule has 1 fully saturated rings. The van der Waals surface area contributed by atoms with Gasteiger partial charge in [0.1, 0.15) is 0 Å². The molecule has 5 nitrogen and oxygen atoms in total. The lowest BCUT2D eigenvalue weighted by Gasteiger charge is -2.05. The van der Waals surface area contributed by atoms with E-state index in [9.17, 15) is 14.9 Å². The van der Waals surface area contributed by atoms with Crippen LogP contribution in [-0.2, 0) is 4.79 Å². The minimum Gasteiger partial charge on any atom is -0.356 e. The first-order chi connectivity index (χ1) is 7.18. The fourth-order valence-electron chi connectivity index (χ4n) is 1.74. The summed E-state index contributed by atoms with van der Waals surface area (Å²) in [6.07, 6.45) is 0.761. The molecule has 5 heteroatoms. The number of carbonyl (C=O) groups excluding carboxylic acids is 1. The maximum atomic E-state index is 11.3. The topological polar surface area (TPSA) is 72.2 Å². The third kappa shape index (κ3) is 1.81. The number of hydrogen-bond donors (Lipinski definition) is 1. The van der Waals surface area contributed by atoms with E-state index >= 15 is 0 Å². The molecule has 0 saturated carbocycles. The summed E-state index contributed by atoms with van der Waals surface area (Å²) in [5.41, 5.74) is 0.896. The van der Waals surface area contributed by atoms with E-state index in [0.29, 0.717) is 6.54 Å². The largest absolute Gasteiger partial charge is 0.356 e. The Morgan fingerprint density at radius 3 is 2.47 bits per heavy atom. The van der Waals surface area contributed by atoms with Gasteiger partial charge in [0, 0.05) is 18.7 Å². The predicted molar refractivity (Wildman–Crippen MR) is 53.5 cm³/mol. The van der Waals surface area contributed by atoms with E-state index in [2.05, 4.69) is 5.32 Å². The molecule has 0 aliphatic carbocycles. The van der Waals surface area contributed by atoms with E-state index in [1.54, 1.807) is 12.1 Å². The zero-order valence-electron chi connectivity index (χ0n) is 7.97. The summed E-state index contributed by atoms with van der Waals surface area (Å²) in [7, 11) is 0. The Morgan fingerprint density at radius 2 is 2.00 bits per heavy atom. The molecule has 1 aliphatic rings. The highest BCUT2D eigenvalue weighted by Crippen LogP contribution is 2.25. The van der Waals surface area contributed by atoms with Crippen LogP contribution < -0.4 is 5.32 Å². The van der Waals surface area contributed by atoms with E-state index in [1.165, 1.54) is 12.1 Å². The summed E-state index contributed by atoms with van der Waals surface area (Å²) >= 11 is 0. The molecule has 1 amide bonds. The summed E-state index contributed by atoms with van der Waals surface area (Å²) in [6, 6.07) is 6.16. The summed E-state index contributed by atoms with van der Waals surface area (Å²) in [5.74, 6) is -0.144. The lowest BCUT2D eigenvalue weighted by atomic mass is 9.98. The number of nitrogens with zero attached hydrogens (tertiary/aromatic N) is 1. The fourth-order valence-corrected chi connectivity index (χ4v) is 1.74. The van der Waals surface area contributed by atoms with Gasteiger partial charge in [-0.15, -0.1) is 0 Å². The van der Waals surface area contributed by atoms with Crippen molar-refractivity contribution in [3.05, 3.63) is 39.9 Å². The Balaban J connectivity index is 2.23. The van der Waals surface area contributed by atoms with Gasteiger partial charge in [0.05, 0.1) is 10.8 Å². The number of carbonyl (C=O) groups is 1. The van der Waals surface area contributed by atoms with Crippen LogP contribution in [0.5, 0.6) is 0 Å². The van der Waals surface area contributed by atoms with Gasteiger partial charge in [-0.3, -0.25) is 14.9 Å². The van der Waals surface area contributed by atoms with Gasteiger partial charge in [-0.1, -0.05) is 12.1 Å². The van der Waals surface area contributed by atoms with Crippen molar-refractivity contribution >= 4 is 11.6 Å². The molecule has 1 aromatic rings. The smallest absolute Gasteiger partial charge is 0.269 e. The molecule has 15 heavy (non-hydrogen) atoms. The van der Waals surface area contributed by atoms with Gasteiger partial charge in [-0.2, -0.15) is 0 Å². The Hall–Kier alpha value is -1.91. The van der Waals surface area contributed by atoms with Crippen molar-refractivity contribution in [2.24, 2.45) is 0 Å². The Kier molecular flexibility index (Phi) is 2.37. The maximum Gasteiger partial charge on any atom is 0.269 e. The van der Waals surface area contributed by atoms with E-state index in [0.717, 1.165) is 12.0 Å². The lowest BCUT2D eigenvalue weighted by molar-refractivity contribution is -0.384. The number of hydrogen-bond acceptors (Lipinski definition) is 3. The van der Waals surface area contributed by atoms with Crippen LogP contribution in [0.15, 0.2) is 24.3 Å². The molecular weight excluding hydrogens is 196 g/mol. The Labute approximate surface area is 86.2 Å². The van der Waals surface area contributed by atoms with Crippen molar-refractivity contribution in [3.8, 4) is 0 Å². The van der Waals surface area contributed by atoms with Crippen molar-refractivity contribution in [3.63, 3.8) is 0 Å². The number of benzene rings is 1. The van der Waals surface area contributed by atoms with Crippen LogP contribution in [0.2, 0.25) is 0 Å². The quantitative estimate of drug-likeness (QED) is 0.583. The van der Waals surface area contributed by atoms with Gasteiger partial charge < -0.3 is 5.32 Å². The molecule has 1 aromatic carbocycles. The Morgan fingerprint density at radius 1 is 1.33 bits per heavy atom. The first kappa shape index (κ1) is 9.64. The first-order valence-corrected chi connectivity index (χ1v) is 4.70. The van der Waals surface area contributed by atoms with E-state index in [1.807, 2.05) is 0 Å². The number of nitro groups is 1. The number of amides is 1. The third-order valence-electron chi connectivity index (χ3n) is 2.56. The zero-order chi connectivity index (χ0) is 10.8. The Bertz CT molecular complexity index is 400. The molecule has 1 saturated heterocycles. The van der Waals surface area contributed by atoms with Crippen molar-refractivity contribution in [1.29, 1.82) is 0 Å². The molecule has 2 rings (SSSR count). The van der Waals surface area contributed by atoms with E-state index in [-0.39, 0.29) is 17.5 Å². The van der Waals surface area contributed by atoms with Gasteiger partial charge in [-0.25, -0.2) is 0 Å². The van der Waals surface area contributed by atoms with Crippen molar-refractivity contribution in [1.82, 2.24) is 5.32 Å². The highest BCUT2D eigenvalue weighted by atomic mass is 16.6. The van der Waals surface area contributed by atoms with Crippen LogP contribution in [0, 0.1) is 10.1 Å². The van der Waals surface area contributed by atoms with Crippen molar-refractivity contribution in [2.75, 3.05) is 6.54 Å². The van der Waals surface area contributed by atoms with Gasteiger partial charge in [0.2, 0.25) is 5.91 Å². The zero-order valence-corrected chi connectivity index (χ0v) is 7.97. The second-order valence-corrected chi connectivity index (χ2v) is 3.48. The molecular formula is C10H10N2O3. The molecule has 78 valence electrons. The van der Waals surface area contributed by atoms with Crippen molar-refractivity contribution < 1.29 is 9.72 Å². The highest BCUT2D eigenvalue weighted by Gasteiger charge is 2.25. The second-order valence-electron chi connectivity index (χ2n) is 3.48. The number of nitro benzene ring substituents is 1. The minimum absolute atomic E-state index is 0.00357. The molecule has 0 aromatic heterocycles. The van der Waals surface area contributed by atoms with Crippen LogP contribution in [0.25, 0.3) is 0 Å². The molecule has 0 radical (unpaired) electrons. The minimum atomic E-state index is -0.446. The number of rotatable bonds is 2. The first-order valence-electron chi connectivity index (χ1n) is 4.70. The normalized spacial score (nSPS) is 20.0. The standard InChI is InChI=1S/C10H10N2O3/c13-10-9(5-6-11-10)7-1-3-8(4-2-7)12(14)15/h1-4,9H,5-6H2,(H,11,13)/t9-/m0/s1. The van der Waals surface area contributed by atoms with Crippen LogP contribution >= 0.6 is 0 Å². The molecule has 1 heterocycles.